The Labute approximate surface area is 276 Å². The van der Waals surface area contributed by atoms with Crippen LogP contribution in [0.4, 0.5) is 0 Å². The van der Waals surface area contributed by atoms with Gasteiger partial charge in [-0.1, -0.05) is 60.7 Å². The molecule has 0 unspecified atom stereocenters. The number of aliphatic hydroxyl groups is 1. The van der Waals surface area contributed by atoms with Crippen molar-refractivity contribution in [1.29, 1.82) is 0 Å². The SMILES string of the molecule is Cc1nc(C(=O)N2CC[C@@H](C(=O)N3CCC(O)(Cn4cnc5c(ccn5C)c4=O)CC3)[C@H](c3ccccc3)C2)sc1-c1ccccc1. The number of piperidine rings is 2. The monoisotopic (exact) mass is 650 g/mol. The molecule has 1 N–H and O–H groups in total. The van der Waals surface area contributed by atoms with E-state index in [9.17, 15) is 19.5 Å². The Morgan fingerprint density at radius 3 is 2.40 bits per heavy atom. The van der Waals surface area contributed by atoms with Gasteiger partial charge in [-0.15, -0.1) is 11.3 Å². The molecule has 2 amide bonds. The first-order valence-corrected chi connectivity index (χ1v) is 16.9. The molecule has 0 spiro atoms. The van der Waals surface area contributed by atoms with Crippen molar-refractivity contribution in [3.63, 3.8) is 0 Å². The largest absolute Gasteiger partial charge is 0.388 e. The Morgan fingerprint density at radius 2 is 1.68 bits per heavy atom. The summed E-state index contributed by atoms with van der Waals surface area (Å²) >= 11 is 1.42. The number of carbonyl (C=O) groups is 2. The Balaban J connectivity index is 1.05. The minimum atomic E-state index is -1.12. The Morgan fingerprint density at radius 1 is 0.979 bits per heavy atom. The lowest BCUT2D eigenvalue weighted by Crippen LogP contribution is -2.53. The summed E-state index contributed by atoms with van der Waals surface area (Å²) in [6, 6.07) is 21.7. The first kappa shape index (κ1) is 31.0. The van der Waals surface area contributed by atoms with Crippen LogP contribution in [-0.4, -0.2) is 77.6 Å². The quantitative estimate of drug-likeness (QED) is 0.290. The summed E-state index contributed by atoms with van der Waals surface area (Å²) in [7, 11) is 1.84. The van der Waals surface area contributed by atoms with Crippen molar-refractivity contribution in [3.05, 3.63) is 106 Å². The molecule has 2 aromatic carbocycles. The second-order valence-electron chi connectivity index (χ2n) is 12.9. The van der Waals surface area contributed by atoms with E-state index in [0.29, 0.717) is 61.5 Å². The molecule has 2 aliphatic heterocycles. The molecule has 0 aliphatic carbocycles. The van der Waals surface area contributed by atoms with Crippen LogP contribution in [0.25, 0.3) is 21.5 Å². The minimum Gasteiger partial charge on any atom is -0.388 e. The zero-order valence-corrected chi connectivity index (χ0v) is 27.4. The predicted molar refractivity (Wildman–Crippen MR) is 181 cm³/mol. The zero-order chi connectivity index (χ0) is 32.7. The fourth-order valence-electron chi connectivity index (χ4n) is 7.10. The molecule has 0 bridgehead atoms. The summed E-state index contributed by atoms with van der Waals surface area (Å²) in [4.78, 5) is 54.7. The summed E-state index contributed by atoms with van der Waals surface area (Å²) in [6.45, 7) is 3.74. The third kappa shape index (κ3) is 6.01. The lowest BCUT2D eigenvalue weighted by molar-refractivity contribution is -0.142. The Hall–Kier alpha value is -4.61. The maximum absolute atomic E-state index is 14.1. The van der Waals surface area contributed by atoms with Crippen LogP contribution in [0.15, 0.2) is 84.0 Å². The van der Waals surface area contributed by atoms with E-state index in [4.69, 9.17) is 0 Å². The Bertz CT molecular complexity index is 1980. The first-order chi connectivity index (χ1) is 22.7. The van der Waals surface area contributed by atoms with Gasteiger partial charge in [-0.3, -0.25) is 19.0 Å². The maximum atomic E-state index is 14.1. The summed E-state index contributed by atoms with van der Waals surface area (Å²) < 4.78 is 3.27. The number of fused-ring (bicyclic) bond motifs is 1. The second-order valence-corrected chi connectivity index (χ2v) is 13.9. The normalized spacial score (nSPS) is 19.6. The van der Waals surface area contributed by atoms with Gasteiger partial charge in [-0.05, 0) is 43.4 Å². The molecule has 0 radical (unpaired) electrons. The van der Waals surface area contributed by atoms with Gasteiger partial charge < -0.3 is 19.5 Å². The highest BCUT2D eigenvalue weighted by atomic mass is 32.1. The fourth-order valence-corrected chi connectivity index (χ4v) is 8.14. The van der Waals surface area contributed by atoms with Crippen LogP contribution in [0.3, 0.4) is 0 Å². The van der Waals surface area contributed by atoms with Crippen molar-refractivity contribution in [3.8, 4) is 10.4 Å². The number of benzene rings is 2. The number of hydrogen-bond acceptors (Lipinski definition) is 7. The smallest absolute Gasteiger partial charge is 0.282 e. The van der Waals surface area contributed by atoms with Crippen molar-refractivity contribution in [2.75, 3.05) is 26.2 Å². The number of aromatic nitrogens is 4. The number of hydrogen-bond donors (Lipinski definition) is 1. The molecule has 10 nitrogen and oxygen atoms in total. The van der Waals surface area contributed by atoms with Gasteiger partial charge in [0.2, 0.25) is 5.91 Å². The molecule has 3 aromatic heterocycles. The molecule has 2 aliphatic rings. The van der Waals surface area contributed by atoms with Crippen LogP contribution >= 0.6 is 11.3 Å². The zero-order valence-electron chi connectivity index (χ0n) is 26.6. The van der Waals surface area contributed by atoms with E-state index in [-0.39, 0.29) is 35.8 Å². The van der Waals surface area contributed by atoms with Crippen molar-refractivity contribution >= 4 is 34.2 Å². The molecule has 5 heterocycles. The van der Waals surface area contributed by atoms with Crippen LogP contribution in [0.5, 0.6) is 0 Å². The van der Waals surface area contributed by atoms with Crippen LogP contribution in [0.1, 0.15) is 46.2 Å². The predicted octanol–water partition coefficient (Wildman–Crippen LogP) is 4.47. The fraction of sp³-hybridized carbons (Fsp3) is 0.361. The van der Waals surface area contributed by atoms with E-state index in [0.717, 1.165) is 21.7 Å². The van der Waals surface area contributed by atoms with Gasteiger partial charge in [0, 0.05) is 51.3 Å². The number of rotatable bonds is 6. The van der Waals surface area contributed by atoms with Gasteiger partial charge in [0.25, 0.3) is 11.5 Å². The molecule has 2 atom stereocenters. The molecule has 0 saturated carbocycles. The van der Waals surface area contributed by atoms with Crippen molar-refractivity contribution in [2.45, 2.75) is 44.2 Å². The second kappa shape index (κ2) is 12.5. The average Bonchev–Trinajstić information content (AvgIpc) is 3.68. The van der Waals surface area contributed by atoms with Crippen molar-refractivity contribution in [1.82, 2.24) is 28.9 Å². The van der Waals surface area contributed by atoms with E-state index in [2.05, 4.69) is 9.97 Å². The number of nitrogens with zero attached hydrogens (tertiary/aromatic N) is 6. The third-order valence-electron chi connectivity index (χ3n) is 9.78. The van der Waals surface area contributed by atoms with Crippen LogP contribution in [-0.2, 0) is 18.4 Å². The number of thiazole rings is 1. The summed E-state index contributed by atoms with van der Waals surface area (Å²) in [5.41, 5.74) is 2.21. The van der Waals surface area contributed by atoms with Crippen LogP contribution < -0.4 is 5.56 Å². The highest BCUT2D eigenvalue weighted by Gasteiger charge is 2.42. The molecule has 11 heteroatoms. The van der Waals surface area contributed by atoms with Gasteiger partial charge in [-0.2, -0.15) is 0 Å². The van der Waals surface area contributed by atoms with Gasteiger partial charge in [0.05, 0.1) is 28.1 Å². The van der Waals surface area contributed by atoms with Crippen molar-refractivity contribution < 1.29 is 14.7 Å². The van der Waals surface area contributed by atoms with Gasteiger partial charge >= 0.3 is 0 Å². The van der Waals surface area contributed by atoms with E-state index < -0.39 is 5.60 Å². The van der Waals surface area contributed by atoms with Gasteiger partial charge in [0.15, 0.2) is 5.01 Å². The first-order valence-electron chi connectivity index (χ1n) is 16.1. The number of carbonyl (C=O) groups excluding carboxylic acids is 2. The van der Waals surface area contributed by atoms with Crippen LogP contribution in [0.2, 0.25) is 0 Å². The topological polar surface area (TPSA) is 114 Å². The summed E-state index contributed by atoms with van der Waals surface area (Å²) in [6.07, 6.45) is 4.55. The number of likely N-dealkylation sites (tertiary alicyclic amines) is 2. The van der Waals surface area contributed by atoms with Crippen molar-refractivity contribution in [2.24, 2.45) is 13.0 Å². The third-order valence-corrected chi connectivity index (χ3v) is 11.0. The summed E-state index contributed by atoms with van der Waals surface area (Å²) in [5.74, 6) is -0.514. The van der Waals surface area contributed by atoms with E-state index in [1.807, 2.05) is 84.4 Å². The number of aryl methyl sites for hydroxylation is 2. The molecular weight excluding hydrogens is 613 g/mol. The lowest BCUT2D eigenvalue weighted by Gasteiger charge is -2.43. The molecule has 2 fully saturated rings. The van der Waals surface area contributed by atoms with Gasteiger partial charge in [-0.25, -0.2) is 9.97 Å². The molecule has 242 valence electrons. The molecule has 5 aromatic rings. The Kier molecular flexibility index (Phi) is 8.27. The van der Waals surface area contributed by atoms with Gasteiger partial charge in [0.1, 0.15) is 12.0 Å². The average molecular weight is 651 g/mol. The molecule has 47 heavy (non-hydrogen) atoms. The molecule has 7 rings (SSSR count). The maximum Gasteiger partial charge on any atom is 0.282 e. The summed E-state index contributed by atoms with van der Waals surface area (Å²) in [5, 5.41) is 12.5. The van der Waals surface area contributed by atoms with E-state index in [1.54, 1.807) is 16.8 Å². The highest BCUT2D eigenvalue weighted by Crippen LogP contribution is 2.37. The minimum absolute atomic E-state index is 0.0500. The van der Waals surface area contributed by atoms with E-state index in [1.165, 1.54) is 22.2 Å². The molecule has 2 saturated heterocycles. The van der Waals surface area contributed by atoms with Crippen LogP contribution in [0, 0.1) is 12.8 Å². The number of amides is 2. The standard InChI is InChI=1S/C36H38N6O4S/c1-24-30(26-11-7-4-8-12-26)47-32(38-24)35(45)41-18-14-27(29(21-41)25-9-5-3-6-10-25)33(43)40-19-15-36(46,16-20-40)22-42-23-37-31-28(34(42)44)13-17-39(31)2/h3-13,17,23,27,29,46H,14-16,18-22H2,1-2H3/t27-,29+/m1/s1. The lowest BCUT2D eigenvalue weighted by atomic mass is 9.79. The highest BCUT2D eigenvalue weighted by molar-refractivity contribution is 7.17. The van der Waals surface area contributed by atoms with E-state index >= 15 is 0 Å². The molecular formula is C36H38N6O4S.